The first-order chi connectivity index (χ1) is 11.8. The highest BCUT2D eigenvalue weighted by Gasteiger charge is 2.47. The van der Waals surface area contributed by atoms with Crippen LogP contribution in [0.3, 0.4) is 0 Å². The Morgan fingerprint density at radius 3 is 1.96 bits per heavy atom. The number of hydrogen-bond acceptors (Lipinski definition) is 4. The standard InChI is InChI=1S/C14H12F6N4OS/c1-24(26(21,25)11-6-22-8-23-7-11)12(14(18,19)20)9-2-4-10(5-3-9)13(15,16)17/h2-8,12,21H,1H3/t12-,26+/m1/s1. The molecule has 2 atom stereocenters. The number of nitrogens with zero attached hydrogens (tertiary/aromatic N) is 3. The third-order valence-corrected chi connectivity index (χ3v) is 5.36. The molecule has 5 nitrogen and oxygen atoms in total. The Morgan fingerprint density at radius 2 is 1.54 bits per heavy atom. The summed E-state index contributed by atoms with van der Waals surface area (Å²) in [6.07, 6.45) is -6.76. The van der Waals surface area contributed by atoms with Gasteiger partial charge in [0.2, 0.25) is 0 Å². The van der Waals surface area contributed by atoms with E-state index < -0.39 is 39.4 Å². The van der Waals surface area contributed by atoms with E-state index in [9.17, 15) is 30.6 Å². The molecule has 1 aromatic heterocycles. The lowest BCUT2D eigenvalue weighted by molar-refractivity contribution is -0.170. The summed E-state index contributed by atoms with van der Waals surface area (Å²) >= 11 is 0. The van der Waals surface area contributed by atoms with Crippen LogP contribution in [-0.4, -0.2) is 31.7 Å². The Morgan fingerprint density at radius 1 is 1.04 bits per heavy atom. The zero-order chi connectivity index (χ0) is 19.8. The summed E-state index contributed by atoms with van der Waals surface area (Å²) in [6, 6.07) is -0.267. The number of rotatable bonds is 4. The molecule has 142 valence electrons. The molecular formula is C14H12F6N4OS. The van der Waals surface area contributed by atoms with Gasteiger partial charge >= 0.3 is 12.4 Å². The molecule has 1 aromatic carbocycles. The number of aromatic nitrogens is 2. The Kier molecular flexibility index (Phi) is 5.29. The maximum absolute atomic E-state index is 13.5. The molecule has 0 aliphatic carbocycles. The van der Waals surface area contributed by atoms with Gasteiger partial charge in [-0.1, -0.05) is 12.1 Å². The van der Waals surface area contributed by atoms with Crippen LogP contribution in [0.5, 0.6) is 0 Å². The van der Waals surface area contributed by atoms with Gasteiger partial charge in [-0.05, 0) is 17.7 Å². The smallest absolute Gasteiger partial charge is 0.243 e. The summed E-state index contributed by atoms with van der Waals surface area (Å²) in [5.74, 6) is 0. The lowest BCUT2D eigenvalue weighted by Crippen LogP contribution is -2.39. The molecule has 0 amide bonds. The highest BCUT2D eigenvalue weighted by Crippen LogP contribution is 2.40. The molecule has 0 saturated heterocycles. The van der Waals surface area contributed by atoms with E-state index in [1.165, 1.54) is 0 Å². The van der Waals surface area contributed by atoms with E-state index >= 15 is 0 Å². The second kappa shape index (κ2) is 6.83. The first-order valence-electron chi connectivity index (χ1n) is 6.86. The molecule has 1 N–H and O–H groups in total. The van der Waals surface area contributed by atoms with Crippen LogP contribution in [0.25, 0.3) is 0 Å². The third-order valence-electron chi connectivity index (χ3n) is 3.49. The fraction of sp³-hybridized carbons (Fsp3) is 0.286. The summed E-state index contributed by atoms with van der Waals surface area (Å²) < 4.78 is 99.1. The quantitative estimate of drug-likeness (QED) is 0.790. The summed E-state index contributed by atoms with van der Waals surface area (Å²) in [5.41, 5.74) is -1.70. The van der Waals surface area contributed by atoms with Crippen LogP contribution in [0.4, 0.5) is 26.3 Å². The number of nitrogens with one attached hydrogen (secondary N) is 1. The Balaban J connectivity index is 2.49. The molecule has 0 spiro atoms. The van der Waals surface area contributed by atoms with E-state index in [4.69, 9.17) is 4.78 Å². The van der Waals surface area contributed by atoms with Gasteiger partial charge in [0.15, 0.2) is 0 Å². The van der Waals surface area contributed by atoms with E-state index in [2.05, 4.69) is 9.97 Å². The molecule has 0 aliphatic rings. The van der Waals surface area contributed by atoms with Gasteiger partial charge in [0.1, 0.15) is 22.3 Å². The minimum Gasteiger partial charge on any atom is -0.243 e. The number of alkyl halides is 6. The predicted molar refractivity (Wildman–Crippen MR) is 79.2 cm³/mol. The van der Waals surface area contributed by atoms with E-state index in [1.54, 1.807) is 0 Å². The predicted octanol–water partition coefficient (Wildman–Crippen LogP) is 4.05. The number of hydrogen-bond donors (Lipinski definition) is 1. The van der Waals surface area contributed by atoms with E-state index in [0.717, 1.165) is 25.8 Å². The molecule has 0 bridgehead atoms. The van der Waals surface area contributed by atoms with Crippen molar-refractivity contribution < 1.29 is 30.6 Å². The average Bonchev–Trinajstić information content (AvgIpc) is 2.54. The van der Waals surface area contributed by atoms with Gasteiger partial charge in [0.25, 0.3) is 0 Å². The minimum atomic E-state index is -4.99. The lowest BCUT2D eigenvalue weighted by Gasteiger charge is -2.31. The SMILES string of the molecule is CN([C@H](c1ccc(C(F)(F)F)cc1)C(F)(F)F)[S@](=N)(=O)c1cncnc1. The number of benzene rings is 1. The monoisotopic (exact) mass is 398 g/mol. The lowest BCUT2D eigenvalue weighted by atomic mass is 10.0. The second-order valence-corrected chi connectivity index (χ2v) is 7.31. The molecule has 0 aliphatic heterocycles. The van der Waals surface area contributed by atoms with Gasteiger partial charge < -0.3 is 0 Å². The number of halogens is 6. The molecule has 26 heavy (non-hydrogen) atoms. The van der Waals surface area contributed by atoms with Crippen molar-refractivity contribution in [3.63, 3.8) is 0 Å². The Labute approximate surface area is 144 Å². The third kappa shape index (κ3) is 4.12. The van der Waals surface area contributed by atoms with Crippen molar-refractivity contribution in [1.82, 2.24) is 14.3 Å². The molecule has 12 heteroatoms. The second-order valence-electron chi connectivity index (χ2n) is 5.21. The Bertz CT molecular complexity index is 850. The fourth-order valence-corrected chi connectivity index (χ4v) is 3.48. The molecule has 2 aromatic rings. The van der Waals surface area contributed by atoms with Gasteiger partial charge in [-0.3, -0.25) is 0 Å². The fourth-order valence-electron chi connectivity index (χ4n) is 2.20. The maximum Gasteiger partial charge on any atom is 0.416 e. The molecule has 0 fully saturated rings. The van der Waals surface area contributed by atoms with E-state index in [0.29, 0.717) is 24.3 Å². The van der Waals surface area contributed by atoms with Crippen molar-refractivity contribution in [3.05, 3.63) is 54.1 Å². The first-order valence-corrected chi connectivity index (χ1v) is 8.37. The van der Waals surface area contributed by atoms with Crippen molar-refractivity contribution in [2.75, 3.05) is 7.05 Å². The summed E-state index contributed by atoms with van der Waals surface area (Å²) in [4.78, 5) is 6.69. The molecule has 0 unspecified atom stereocenters. The molecule has 2 rings (SSSR count). The molecular weight excluding hydrogens is 386 g/mol. The Hall–Kier alpha value is -2.21. The van der Waals surface area contributed by atoms with E-state index in [-0.39, 0.29) is 9.20 Å². The van der Waals surface area contributed by atoms with Crippen LogP contribution in [0.15, 0.2) is 47.9 Å². The zero-order valence-electron chi connectivity index (χ0n) is 13.0. The van der Waals surface area contributed by atoms with E-state index in [1.807, 2.05) is 0 Å². The van der Waals surface area contributed by atoms with Gasteiger partial charge in [-0.15, -0.1) is 0 Å². The average molecular weight is 398 g/mol. The van der Waals surface area contributed by atoms with Crippen molar-refractivity contribution >= 4 is 9.92 Å². The summed E-state index contributed by atoms with van der Waals surface area (Å²) in [6.45, 7) is 0. The first kappa shape index (κ1) is 20.1. The highest BCUT2D eigenvalue weighted by molar-refractivity contribution is 7.90. The van der Waals surface area contributed by atoms with Gasteiger partial charge in [0.05, 0.1) is 10.5 Å². The summed E-state index contributed by atoms with van der Waals surface area (Å²) in [7, 11) is -3.34. The van der Waals surface area contributed by atoms with Crippen LogP contribution in [0.1, 0.15) is 17.2 Å². The highest BCUT2D eigenvalue weighted by atomic mass is 32.2. The summed E-state index contributed by atoms with van der Waals surface area (Å²) in [5, 5.41) is 0. The molecule has 0 radical (unpaired) electrons. The van der Waals surface area contributed by atoms with Crippen molar-refractivity contribution in [2.24, 2.45) is 0 Å². The van der Waals surface area contributed by atoms with Crippen LogP contribution in [0, 0.1) is 4.78 Å². The molecule has 0 saturated carbocycles. The largest absolute Gasteiger partial charge is 0.416 e. The van der Waals surface area contributed by atoms with Crippen LogP contribution >= 0.6 is 0 Å². The van der Waals surface area contributed by atoms with Gasteiger partial charge in [0, 0.05) is 19.4 Å². The zero-order valence-corrected chi connectivity index (χ0v) is 13.9. The maximum atomic E-state index is 13.5. The van der Waals surface area contributed by atoms with Gasteiger partial charge in [-0.2, -0.15) is 26.3 Å². The molecule has 1 heterocycles. The van der Waals surface area contributed by atoms with Crippen molar-refractivity contribution in [1.29, 1.82) is 4.78 Å². The van der Waals surface area contributed by atoms with Crippen molar-refractivity contribution in [2.45, 2.75) is 23.3 Å². The topological polar surface area (TPSA) is 69.9 Å². The van der Waals surface area contributed by atoms with Crippen LogP contribution in [-0.2, 0) is 16.1 Å². The van der Waals surface area contributed by atoms with Gasteiger partial charge in [-0.25, -0.2) is 23.3 Å². The normalized spacial score (nSPS) is 16.3. The minimum absolute atomic E-state index is 0.244. The van der Waals surface area contributed by atoms with Crippen LogP contribution < -0.4 is 0 Å². The van der Waals surface area contributed by atoms with Crippen LogP contribution in [0.2, 0.25) is 0 Å². The van der Waals surface area contributed by atoms with Crippen molar-refractivity contribution in [3.8, 4) is 0 Å².